The van der Waals surface area contributed by atoms with Gasteiger partial charge in [-0.25, -0.2) is 0 Å². The van der Waals surface area contributed by atoms with Crippen LogP contribution in [0.4, 0.5) is 0 Å². The van der Waals surface area contributed by atoms with E-state index < -0.39 is 0 Å². The Labute approximate surface area is 239 Å². The maximum atomic E-state index is 6.02. The largest absolute Gasteiger partial charge is 0.496 e. The predicted molar refractivity (Wildman–Crippen MR) is 158 cm³/mol. The zero-order valence-electron chi connectivity index (χ0n) is 23.2. The van der Waals surface area contributed by atoms with Crippen molar-refractivity contribution in [2.45, 2.75) is 78.0 Å². The van der Waals surface area contributed by atoms with Gasteiger partial charge in [0.2, 0.25) is 0 Å². The van der Waals surface area contributed by atoms with Crippen molar-refractivity contribution >= 4 is 31.9 Å². The molecule has 0 amide bonds. The van der Waals surface area contributed by atoms with Gasteiger partial charge in [-0.2, -0.15) is 0 Å². The second-order valence-corrected chi connectivity index (χ2v) is 11.9. The van der Waals surface area contributed by atoms with Crippen LogP contribution in [0.2, 0.25) is 0 Å². The van der Waals surface area contributed by atoms with Crippen LogP contribution in [0.25, 0.3) is 0 Å². The number of fused-ring (bicyclic) bond motifs is 2. The van der Waals surface area contributed by atoms with Crippen LogP contribution in [0.3, 0.4) is 0 Å². The van der Waals surface area contributed by atoms with Crippen molar-refractivity contribution in [3.8, 4) is 23.0 Å². The van der Waals surface area contributed by atoms with E-state index in [1.807, 2.05) is 24.3 Å². The molecule has 6 nitrogen and oxygen atoms in total. The van der Waals surface area contributed by atoms with E-state index in [1.165, 1.54) is 5.56 Å². The van der Waals surface area contributed by atoms with Crippen LogP contribution in [0, 0.1) is 0 Å². The number of nitrogens with zero attached hydrogens (tertiary/aromatic N) is 1. The molecule has 206 valence electrons. The van der Waals surface area contributed by atoms with Crippen molar-refractivity contribution in [2.24, 2.45) is 0 Å². The lowest BCUT2D eigenvalue weighted by molar-refractivity contribution is 0.0911. The first-order chi connectivity index (χ1) is 17.7. The van der Waals surface area contributed by atoms with Gasteiger partial charge in [0.25, 0.3) is 0 Å². The monoisotopic (exact) mass is 640 g/mol. The summed E-state index contributed by atoms with van der Waals surface area (Å²) in [4.78, 5) is 2.53. The molecular formula is C29H42Br2N2O4. The van der Waals surface area contributed by atoms with Crippen molar-refractivity contribution in [1.82, 2.24) is 10.2 Å². The van der Waals surface area contributed by atoms with Gasteiger partial charge in [0, 0.05) is 35.3 Å². The lowest BCUT2D eigenvalue weighted by Gasteiger charge is -2.38. The molecule has 2 aromatic carbocycles. The average molecular weight is 642 g/mol. The van der Waals surface area contributed by atoms with Gasteiger partial charge in [0.05, 0.1) is 23.2 Å². The van der Waals surface area contributed by atoms with Crippen LogP contribution in [-0.4, -0.2) is 63.0 Å². The molecule has 8 heteroatoms. The number of hydrogen-bond acceptors (Lipinski definition) is 6. The Morgan fingerprint density at radius 2 is 1.43 bits per heavy atom. The fraction of sp³-hybridized carbons (Fsp3) is 0.586. The highest BCUT2D eigenvalue weighted by Gasteiger charge is 2.30. The fourth-order valence-corrected chi connectivity index (χ4v) is 6.09. The molecule has 0 bridgehead atoms. The van der Waals surface area contributed by atoms with E-state index in [9.17, 15) is 0 Å². The molecule has 4 rings (SSSR count). The molecule has 0 saturated carbocycles. The highest BCUT2D eigenvalue weighted by atomic mass is 79.9. The Morgan fingerprint density at radius 1 is 0.892 bits per heavy atom. The van der Waals surface area contributed by atoms with E-state index in [2.05, 4.69) is 76.7 Å². The molecule has 2 atom stereocenters. The van der Waals surface area contributed by atoms with Crippen LogP contribution in [-0.2, 0) is 12.8 Å². The summed E-state index contributed by atoms with van der Waals surface area (Å²) in [7, 11) is 3.42. The van der Waals surface area contributed by atoms with Crippen LogP contribution >= 0.6 is 31.9 Å². The molecule has 37 heavy (non-hydrogen) atoms. The first kappa shape index (κ1) is 30.1. The van der Waals surface area contributed by atoms with Crippen LogP contribution < -0.4 is 24.3 Å². The Hall–Kier alpha value is -1.48. The number of rotatable bonds is 8. The molecule has 2 aliphatic heterocycles. The van der Waals surface area contributed by atoms with Crippen LogP contribution in [0.5, 0.6) is 23.0 Å². The number of ether oxygens (including phenoxy) is 4. The summed E-state index contributed by atoms with van der Waals surface area (Å²) in [5, 5.41) is 3.50. The zero-order valence-corrected chi connectivity index (χ0v) is 26.4. The SMILES string of the molecule is CCCN(C(C)C)[C@H]1COc2c(Br)ccc(OC)c2C1.COc1ccc(Br)c2c1C[C@@H](NC(C)C)CO2. The van der Waals surface area contributed by atoms with Gasteiger partial charge in [-0.05, 0) is 95.8 Å². The number of benzene rings is 2. The van der Waals surface area contributed by atoms with Crippen molar-refractivity contribution in [1.29, 1.82) is 0 Å². The van der Waals surface area contributed by atoms with Gasteiger partial charge < -0.3 is 24.3 Å². The van der Waals surface area contributed by atoms with Crippen molar-refractivity contribution < 1.29 is 18.9 Å². The topological polar surface area (TPSA) is 52.2 Å². The lowest BCUT2D eigenvalue weighted by Crippen LogP contribution is -2.47. The van der Waals surface area contributed by atoms with Crippen molar-refractivity contribution in [2.75, 3.05) is 34.0 Å². The third-order valence-corrected chi connectivity index (χ3v) is 7.95. The summed E-state index contributed by atoms with van der Waals surface area (Å²) >= 11 is 7.08. The molecule has 1 N–H and O–H groups in total. The maximum absolute atomic E-state index is 6.02. The molecule has 0 unspecified atom stereocenters. The normalized spacial score (nSPS) is 18.4. The van der Waals surface area contributed by atoms with Crippen molar-refractivity contribution in [3.05, 3.63) is 44.3 Å². The van der Waals surface area contributed by atoms with E-state index in [4.69, 9.17) is 18.9 Å². The summed E-state index contributed by atoms with van der Waals surface area (Å²) < 4.78 is 24.7. The molecule has 0 radical (unpaired) electrons. The molecule has 0 fully saturated rings. The minimum atomic E-state index is 0.352. The third kappa shape index (κ3) is 7.55. The molecule has 2 aliphatic rings. The highest BCUT2D eigenvalue weighted by molar-refractivity contribution is 9.10. The van der Waals surface area contributed by atoms with E-state index >= 15 is 0 Å². The van der Waals surface area contributed by atoms with Gasteiger partial charge >= 0.3 is 0 Å². The van der Waals surface area contributed by atoms with Gasteiger partial charge in [-0.3, -0.25) is 4.90 Å². The quantitative estimate of drug-likeness (QED) is 0.349. The second-order valence-electron chi connectivity index (χ2n) is 10.1. The molecule has 0 aliphatic carbocycles. The minimum Gasteiger partial charge on any atom is -0.496 e. The third-order valence-electron chi connectivity index (χ3n) is 6.70. The maximum Gasteiger partial charge on any atom is 0.140 e. The van der Waals surface area contributed by atoms with Gasteiger partial charge in [0.1, 0.15) is 36.2 Å². The van der Waals surface area contributed by atoms with E-state index in [0.717, 1.165) is 69.9 Å². The first-order valence-corrected chi connectivity index (χ1v) is 14.8. The standard InChI is InChI=1S/C16H24BrNO2.C13H18BrNO2/c1-5-8-18(11(2)3)12-9-13-15(19-4)7-6-14(17)16(13)20-10-12;1-8(2)15-9-6-10-12(16-3)5-4-11(14)13(10)17-7-9/h6-7,11-12H,5,8-10H2,1-4H3;4-5,8-9,15H,6-7H2,1-3H3/t12-;9-/m11/s1. The van der Waals surface area contributed by atoms with E-state index in [0.29, 0.717) is 30.8 Å². The lowest BCUT2D eigenvalue weighted by atomic mass is 9.99. The van der Waals surface area contributed by atoms with E-state index in [1.54, 1.807) is 14.2 Å². The second kappa shape index (κ2) is 14.1. The number of nitrogens with one attached hydrogen (secondary N) is 1. The summed E-state index contributed by atoms with van der Waals surface area (Å²) in [6.45, 7) is 13.6. The smallest absolute Gasteiger partial charge is 0.140 e. The Kier molecular flexibility index (Phi) is 11.4. The highest BCUT2D eigenvalue weighted by Crippen LogP contribution is 2.40. The fourth-order valence-electron chi connectivity index (χ4n) is 5.12. The summed E-state index contributed by atoms with van der Waals surface area (Å²) in [5.41, 5.74) is 2.33. The minimum absolute atomic E-state index is 0.352. The van der Waals surface area contributed by atoms with Crippen LogP contribution in [0.15, 0.2) is 33.2 Å². The van der Waals surface area contributed by atoms with Crippen molar-refractivity contribution in [3.63, 3.8) is 0 Å². The molecular weight excluding hydrogens is 600 g/mol. The summed E-state index contributed by atoms with van der Waals surface area (Å²) in [6, 6.07) is 9.71. The predicted octanol–water partition coefficient (Wildman–Crippen LogP) is 6.64. The molecule has 0 aromatic heterocycles. The molecule has 0 spiro atoms. The van der Waals surface area contributed by atoms with Gasteiger partial charge in [-0.1, -0.05) is 20.8 Å². The Morgan fingerprint density at radius 3 is 1.92 bits per heavy atom. The summed E-state index contributed by atoms with van der Waals surface area (Å²) in [5.74, 6) is 3.69. The Bertz CT molecular complexity index is 1030. The average Bonchev–Trinajstić information content (AvgIpc) is 2.87. The number of methoxy groups -OCH3 is 2. The molecule has 2 aromatic rings. The zero-order chi connectivity index (χ0) is 27.1. The molecule has 2 heterocycles. The molecule has 0 saturated heterocycles. The van der Waals surface area contributed by atoms with Gasteiger partial charge in [0.15, 0.2) is 0 Å². The number of hydrogen-bond donors (Lipinski definition) is 1. The van der Waals surface area contributed by atoms with Crippen LogP contribution in [0.1, 0.15) is 52.2 Å². The number of halogens is 2. The first-order valence-electron chi connectivity index (χ1n) is 13.2. The summed E-state index contributed by atoms with van der Waals surface area (Å²) in [6.07, 6.45) is 3.09. The van der Waals surface area contributed by atoms with Gasteiger partial charge in [-0.15, -0.1) is 0 Å². The Balaban J connectivity index is 0.000000208. The van der Waals surface area contributed by atoms with E-state index in [-0.39, 0.29) is 0 Å².